The lowest BCUT2D eigenvalue weighted by Gasteiger charge is -2.45. The van der Waals surface area contributed by atoms with Crippen LogP contribution >= 0.6 is 0 Å². The largest absolute Gasteiger partial charge is 0.377 e. The number of hydrogen-bond donors (Lipinski definition) is 1. The van der Waals surface area contributed by atoms with Crippen LogP contribution in [0.3, 0.4) is 0 Å². The van der Waals surface area contributed by atoms with E-state index in [0.717, 1.165) is 13.0 Å². The smallest absolute Gasteiger partial charge is 0.176 e. The highest BCUT2D eigenvalue weighted by atomic mass is 16.7. The molecule has 5 nitrogen and oxygen atoms in total. The van der Waals surface area contributed by atoms with Gasteiger partial charge < -0.3 is 19.9 Å². The van der Waals surface area contributed by atoms with Crippen molar-refractivity contribution < 1.29 is 14.2 Å². The third kappa shape index (κ3) is 2.80. The van der Waals surface area contributed by atoms with Crippen molar-refractivity contribution >= 4 is 0 Å². The molecule has 1 heterocycles. The Morgan fingerprint density at radius 1 is 1.47 bits per heavy atom. The van der Waals surface area contributed by atoms with Gasteiger partial charge >= 0.3 is 0 Å². The molecule has 0 spiro atoms. The normalized spacial score (nSPS) is 28.9. The molecule has 1 aliphatic heterocycles. The fourth-order valence-electron chi connectivity index (χ4n) is 2.62. The van der Waals surface area contributed by atoms with E-state index in [1.165, 1.54) is 0 Å². The zero-order valence-electron chi connectivity index (χ0n) is 11.6. The van der Waals surface area contributed by atoms with E-state index in [0.29, 0.717) is 12.6 Å². The molecule has 0 saturated carbocycles. The Morgan fingerprint density at radius 2 is 2.06 bits per heavy atom. The summed E-state index contributed by atoms with van der Waals surface area (Å²) in [5.74, 6) is 0. The summed E-state index contributed by atoms with van der Waals surface area (Å²) >= 11 is 0. The van der Waals surface area contributed by atoms with Crippen molar-refractivity contribution in [3.63, 3.8) is 0 Å². The van der Waals surface area contributed by atoms with Gasteiger partial charge in [-0.1, -0.05) is 0 Å². The van der Waals surface area contributed by atoms with Gasteiger partial charge in [-0.3, -0.25) is 4.90 Å². The summed E-state index contributed by atoms with van der Waals surface area (Å²) < 4.78 is 16.4. The summed E-state index contributed by atoms with van der Waals surface area (Å²) in [6, 6.07) is 0.358. The van der Waals surface area contributed by atoms with E-state index in [1.807, 2.05) is 0 Å². The summed E-state index contributed by atoms with van der Waals surface area (Å²) in [5, 5.41) is 0. The first kappa shape index (κ1) is 14.9. The van der Waals surface area contributed by atoms with E-state index in [2.05, 4.69) is 25.8 Å². The molecule has 17 heavy (non-hydrogen) atoms. The average Bonchev–Trinajstić information content (AvgIpc) is 2.75. The van der Waals surface area contributed by atoms with Crippen LogP contribution in [0.5, 0.6) is 0 Å². The van der Waals surface area contributed by atoms with E-state index in [1.54, 1.807) is 14.2 Å². The summed E-state index contributed by atoms with van der Waals surface area (Å²) in [6.07, 6.45) is 0.901. The molecule has 0 amide bonds. The molecule has 0 radical (unpaired) electrons. The van der Waals surface area contributed by atoms with Gasteiger partial charge in [-0.25, -0.2) is 0 Å². The maximum absolute atomic E-state index is 5.93. The number of likely N-dealkylation sites (N-methyl/N-ethyl adjacent to an activating group) is 1. The Labute approximate surface area is 104 Å². The molecular formula is C12H26N2O3. The third-order valence-corrected chi connectivity index (χ3v) is 3.99. The first-order valence-corrected chi connectivity index (χ1v) is 6.11. The molecule has 5 heteroatoms. The Morgan fingerprint density at radius 3 is 2.41 bits per heavy atom. The van der Waals surface area contributed by atoms with Gasteiger partial charge in [-0.05, 0) is 27.3 Å². The van der Waals surface area contributed by atoms with Crippen molar-refractivity contribution in [3.05, 3.63) is 0 Å². The maximum atomic E-state index is 5.93. The van der Waals surface area contributed by atoms with Gasteiger partial charge in [0, 0.05) is 33.4 Å². The van der Waals surface area contributed by atoms with Gasteiger partial charge in [0.2, 0.25) is 0 Å². The lowest BCUT2D eigenvalue weighted by Crippen LogP contribution is -2.62. The lowest BCUT2D eigenvalue weighted by molar-refractivity contribution is -0.185. The van der Waals surface area contributed by atoms with Crippen molar-refractivity contribution in [1.82, 2.24) is 4.90 Å². The molecule has 0 aromatic rings. The lowest BCUT2D eigenvalue weighted by atomic mass is 9.95. The van der Waals surface area contributed by atoms with Crippen molar-refractivity contribution in [2.24, 2.45) is 5.73 Å². The van der Waals surface area contributed by atoms with Crippen LogP contribution in [0, 0.1) is 0 Å². The van der Waals surface area contributed by atoms with Crippen LogP contribution in [0.1, 0.15) is 20.3 Å². The SMILES string of the molecule is COC(OC)C(C)(CN)N(C)C1CCOC1C. The Bertz CT molecular complexity index is 236. The number of nitrogens with two attached hydrogens (primary N) is 1. The molecule has 102 valence electrons. The minimum absolute atomic E-state index is 0.222. The second kappa shape index (κ2) is 6.11. The Hall–Kier alpha value is -0.200. The molecule has 1 saturated heterocycles. The van der Waals surface area contributed by atoms with Crippen molar-refractivity contribution in [2.75, 3.05) is 34.4 Å². The molecule has 0 bridgehead atoms. The summed E-state index contributed by atoms with van der Waals surface area (Å²) in [6.45, 7) is 5.44. The van der Waals surface area contributed by atoms with E-state index in [9.17, 15) is 0 Å². The van der Waals surface area contributed by atoms with E-state index in [-0.39, 0.29) is 17.9 Å². The minimum Gasteiger partial charge on any atom is -0.377 e. The van der Waals surface area contributed by atoms with Crippen LogP contribution in [0.15, 0.2) is 0 Å². The third-order valence-electron chi connectivity index (χ3n) is 3.99. The van der Waals surface area contributed by atoms with Crippen LogP contribution in [0.4, 0.5) is 0 Å². The van der Waals surface area contributed by atoms with Crippen molar-refractivity contribution in [3.8, 4) is 0 Å². The summed E-state index contributed by atoms with van der Waals surface area (Å²) in [4.78, 5) is 2.24. The molecule has 0 aromatic carbocycles. The molecule has 0 aliphatic carbocycles. The summed E-state index contributed by atoms with van der Waals surface area (Å²) in [5.41, 5.74) is 5.58. The minimum atomic E-state index is -0.351. The zero-order valence-corrected chi connectivity index (χ0v) is 11.6. The highest BCUT2D eigenvalue weighted by Gasteiger charge is 2.43. The van der Waals surface area contributed by atoms with Crippen LogP contribution in [0.25, 0.3) is 0 Å². The topological polar surface area (TPSA) is 57.0 Å². The highest BCUT2D eigenvalue weighted by molar-refractivity contribution is 4.95. The second-order valence-electron chi connectivity index (χ2n) is 4.91. The molecule has 3 unspecified atom stereocenters. The predicted octanol–water partition coefficient (Wildman–Crippen LogP) is 0.432. The molecule has 0 aromatic heterocycles. The fourth-order valence-corrected chi connectivity index (χ4v) is 2.62. The highest BCUT2D eigenvalue weighted by Crippen LogP contribution is 2.28. The maximum Gasteiger partial charge on any atom is 0.176 e. The number of ether oxygens (including phenoxy) is 3. The quantitative estimate of drug-likeness (QED) is 0.689. The first-order chi connectivity index (χ1) is 8.01. The molecular weight excluding hydrogens is 220 g/mol. The first-order valence-electron chi connectivity index (χ1n) is 6.11. The molecule has 1 fully saturated rings. The van der Waals surface area contributed by atoms with Gasteiger partial charge in [-0.2, -0.15) is 0 Å². The second-order valence-corrected chi connectivity index (χ2v) is 4.91. The standard InChI is InChI=1S/C12H26N2O3/c1-9-10(6-7-17-9)14(3)12(2,8-13)11(15-4)16-5/h9-11H,6-8,13H2,1-5H3. The van der Waals surface area contributed by atoms with Crippen LogP contribution < -0.4 is 5.73 Å². The zero-order chi connectivity index (χ0) is 13.1. The van der Waals surface area contributed by atoms with Gasteiger partial charge in [0.15, 0.2) is 6.29 Å². The molecule has 1 rings (SSSR count). The van der Waals surface area contributed by atoms with E-state index in [4.69, 9.17) is 19.9 Å². The van der Waals surface area contributed by atoms with Crippen LogP contribution in [-0.2, 0) is 14.2 Å². The molecule has 3 atom stereocenters. The Kier molecular flexibility index (Phi) is 5.34. The number of rotatable bonds is 6. The molecule has 1 aliphatic rings. The average molecular weight is 246 g/mol. The fraction of sp³-hybridized carbons (Fsp3) is 1.00. The predicted molar refractivity (Wildman–Crippen MR) is 66.8 cm³/mol. The monoisotopic (exact) mass is 246 g/mol. The number of methoxy groups -OCH3 is 2. The van der Waals surface area contributed by atoms with E-state index >= 15 is 0 Å². The van der Waals surface area contributed by atoms with Gasteiger partial charge in [0.1, 0.15) is 0 Å². The van der Waals surface area contributed by atoms with Crippen molar-refractivity contribution in [2.45, 2.75) is 44.2 Å². The number of nitrogens with zero attached hydrogens (tertiary/aromatic N) is 1. The van der Waals surface area contributed by atoms with Crippen LogP contribution in [-0.4, -0.2) is 63.3 Å². The van der Waals surface area contributed by atoms with Gasteiger partial charge in [0.25, 0.3) is 0 Å². The Balaban J connectivity index is 2.83. The van der Waals surface area contributed by atoms with Gasteiger partial charge in [-0.15, -0.1) is 0 Å². The number of hydrogen-bond acceptors (Lipinski definition) is 5. The van der Waals surface area contributed by atoms with Crippen molar-refractivity contribution in [1.29, 1.82) is 0 Å². The van der Waals surface area contributed by atoms with E-state index < -0.39 is 0 Å². The van der Waals surface area contributed by atoms with Crippen LogP contribution in [0.2, 0.25) is 0 Å². The summed E-state index contributed by atoms with van der Waals surface area (Å²) in [7, 11) is 5.35. The van der Waals surface area contributed by atoms with Gasteiger partial charge in [0.05, 0.1) is 11.6 Å². The molecule has 2 N–H and O–H groups in total.